The maximum atomic E-state index is 12.1. The molecule has 0 heterocycles. The number of nitrogens with one attached hydrogen (secondary N) is 3. The number of carbonyl (C=O) groups excluding carboxylic acids is 2. The second-order valence-corrected chi connectivity index (χ2v) is 7.71. The van der Waals surface area contributed by atoms with E-state index in [1.54, 1.807) is 11.9 Å². The van der Waals surface area contributed by atoms with E-state index in [1.165, 1.54) is 0 Å². The van der Waals surface area contributed by atoms with Crippen molar-refractivity contribution in [1.29, 1.82) is 0 Å². The van der Waals surface area contributed by atoms with Gasteiger partial charge in [-0.05, 0) is 48.5 Å². The van der Waals surface area contributed by atoms with E-state index in [9.17, 15) is 9.59 Å². The Labute approximate surface area is 151 Å². The standard InChI is InChI=1S/C17H35N5O3/c1-9-22(15(24)25-17(5,6)7)11-10-19-14(18-8)20-12-13(23)21-16(2,3)4/h9-12H2,1-8H3,(H,21,23)(H2,18,19,20). The van der Waals surface area contributed by atoms with E-state index >= 15 is 0 Å². The van der Waals surface area contributed by atoms with Gasteiger partial charge in [0.1, 0.15) is 5.60 Å². The molecule has 2 amide bonds. The van der Waals surface area contributed by atoms with Gasteiger partial charge in [0, 0.05) is 32.2 Å². The van der Waals surface area contributed by atoms with E-state index in [4.69, 9.17) is 4.74 Å². The fourth-order valence-electron chi connectivity index (χ4n) is 1.86. The summed E-state index contributed by atoms with van der Waals surface area (Å²) in [5.74, 6) is 0.392. The summed E-state index contributed by atoms with van der Waals surface area (Å²) in [6.45, 7) is 14.8. The normalized spacial score (nSPS) is 12.4. The van der Waals surface area contributed by atoms with Gasteiger partial charge in [0.2, 0.25) is 5.91 Å². The highest BCUT2D eigenvalue weighted by Gasteiger charge is 2.20. The highest BCUT2D eigenvalue weighted by Crippen LogP contribution is 2.09. The molecular formula is C17H35N5O3. The van der Waals surface area contributed by atoms with Gasteiger partial charge < -0.3 is 25.6 Å². The lowest BCUT2D eigenvalue weighted by Gasteiger charge is -2.26. The SMILES string of the molecule is CCN(CCNC(=NC)NCC(=O)NC(C)(C)C)C(=O)OC(C)(C)C. The lowest BCUT2D eigenvalue weighted by Crippen LogP contribution is -2.49. The summed E-state index contributed by atoms with van der Waals surface area (Å²) in [6, 6.07) is 0. The molecule has 0 unspecified atom stereocenters. The molecule has 0 aromatic rings. The number of nitrogens with zero attached hydrogens (tertiary/aromatic N) is 2. The summed E-state index contributed by atoms with van der Waals surface area (Å²) in [7, 11) is 1.63. The third-order valence-electron chi connectivity index (χ3n) is 2.86. The van der Waals surface area contributed by atoms with Crippen molar-refractivity contribution in [2.75, 3.05) is 33.2 Å². The van der Waals surface area contributed by atoms with Crippen molar-refractivity contribution in [3.8, 4) is 0 Å². The molecule has 8 nitrogen and oxygen atoms in total. The van der Waals surface area contributed by atoms with Crippen molar-refractivity contribution in [1.82, 2.24) is 20.9 Å². The van der Waals surface area contributed by atoms with Crippen LogP contribution in [0, 0.1) is 0 Å². The summed E-state index contributed by atoms with van der Waals surface area (Å²) < 4.78 is 5.36. The molecule has 0 aliphatic carbocycles. The van der Waals surface area contributed by atoms with E-state index < -0.39 is 5.60 Å². The number of guanidine groups is 1. The number of amides is 2. The van der Waals surface area contributed by atoms with E-state index in [1.807, 2.05) is 48.5 Å². The number of hydrogen-bond acceptors (Lipinski definition) is 4. The van der Waals surface area contributed by atoms with Gasteiger partial charge in [-0.25, -0.2) is 4.79 Å². The number of ether oxygens (including phenoxy) is 1. The topological polar surface area (TPSA) is 95.1 Å². The molecule has 0 aliphatic rings. The Hall–Kier alpha value is -1.99. The first-order chi connectivity index (χ1) is 11.4. The Kier molecular flexibility index (Phi) is 9.30. The maximum absolute atomic E-state index is 12.1. The first-order valence-corrected chi connectivity index (χ1v) is 8.61. The predicted molar refractivity (Wildman–Crippen MR) is 101 cm³/mol. The van der Waals surface area contributed by atoms with Gasteiger partial charge >= 0.3 is 6.09 Å². The van der Waals surface area contributed by atoms with Gasteiger partial charge in [0.15, 0.2) is 5.96 Å². The molecule has 0 aliphatic heterocycles. The zero-order chi connectivity index (χ0) is 19.7. The molecule has 0 aromatic heterocycles. The Morgan fingerprint density at radius 3 is 2.12 bits per heavy atom. The second-order valence-electron chi connectivity index (χ2n) is 7.71. The quantitative estimate of drug-likeness (QED) is 0.492. The largest absolute Gasteiger partial charge is 0.444 e. The van der Waals surface area contributed by atoms with Gasteiger partial charge in [-0.2, -0.15) is 0 Å². The van der Waals surface area contributed by atoms with E-state index in [0.29, 0.717) is 25.6 Å². The average Bonchev–Trinajstić information content (AvgIpc) is 2.42. The van der Waals surface area contributed by atoms with Gasteiger partial charge in [-0.1, -0.05) is 0 Å². The highest BCUT2D eigenvalue weighted by atomic mass is 16.6. The Morgan fingerprint density at radius 1 is 1.08 bits per heavy atom. The Bertz CT molecular complexity index is 464. The molecule has 0 saturated carbocycles. The maximum Gasteiger partial charge on any atom is 0.410 e. The summed E-state index contributed by atoms with van der Waals surface area (Å²) in [5.41, 5.74) is -0.791. The Balaban J connectivity index is 4.30. The van der Waals surface area contributed by atoms with Crippen LogP contribution in [0.2, 0.25) is 0 Å². The van der Waals surface area contributed by atoms with Gasteiger partial charge in [0.25, 0.3) is 0 Å². The molecule has 0 fully saturated rings. The smallest absolute Gasteiger partial charge is 0.410 e. The van der Waals surface area contributed by atoms with Gasteiger partial charge in [0.05, 0.1) is 6.54 Å². The zero-order valence-corrected chi connectivity index (χ0v) is 16.9. The van der Waals surface area contributed by atoms with E-state index in [2.05, 4.69) is 20.9 Å². The van der Waals surface area contributed by atoms with Crippen molar-refractivity contribution >= 4 is 18.0 Å². The number of aliphatic imine (C=N–C) groups is 1. The van der Waals surface area contributed by atoms with E-state index in [-0.39, 0.29) is 24.1 Å². The van der Waals surface area contributed by atoms with Crippen LogP contribution >= 0.6 is 0 Å². The van der Waals surface area contributed by atoms with Crippen LogP contribution in [0.3, 0.4) is 0 Å². The Morgan fingerprint density at radius 2 is 1.68 bits per heavy atom. The molecule has 0 aromatic carbocycles. The molecule has 0 rings (SSSR count). The molecule has 0 spiro atoms. The van der Waals surface area contributed by atoms with Gasteiger partial charge in [-0.15, -0.1) is 0 Å². The second kappa shape index (κ2) is 10.1. The summed E-state index contributed by atoms with van der Waals surface area (Å²) in [4.78, 5) is 29.5. The first-order valence-electron chi connectivity index (χ1n) is 8.61. The summed E-state index contributed by atoms with van der Waals surface area (Å²) in [5, 5.41) is 8.89. The van der Waals surface area contributed by atoms with E-state index in [0.717, 1.165) is 0 Å². The fourth-order valence-corrected chi connectivity index (χ4v) is 1.86. The van der Waals surface area contributed by atoms with Crippen molar-refractivity contribution < 1.29 is 14.3 Å². The number of hydrogen-bond donors (Lipinski definition) is 3. The molecule has 25 heavy (non-hydrogen) atoms. The van der Waals surface area contributed by atoms with Crippen molar-refractivity contribution in [3.05, 3.63) is 0 Å². The van der Waals surface area contributed by atoms with Crippen LogP contribution in [-0.2, 0) is 9.53 Å². The molecule has 146 valence electrons. The van der Waals surface area contributed by atoms with Crippen molar-refractivity contribution in [3.63, 3.8) is 0 Å². The molecule has 0 saturated heterocycles. The molecular weight excluding hydrogens is 322 g/mol. The van der Waals surface area contributed by atoms with Crippen LogP contribution in [0.25, 0.3) is 0 Å². The molecule has 8 heteroatoms. The minimum atomic E-state index is -0.518. The third-order valence-corrected chi connectivity index (χ3v) is 2.86. The number of carbonyl (C=O) groups is 2. The minimum Gasteiger partial charge on any atom is -0.444 e. The molecule has 0 radical (unpaired) electrons. The van der Waals surface area contributed by atoms with Crippen LogP contribution in [-0.4, -0.2) is 67.2 Å². The lowest BCUT2D eigenvalue weighted by atomic mass is 10.1. The minimum absolute atomic E-state index is 0.112. The van der Waals surface area contributed by atoms with Crippen molar-refractivity contribution in [2.24, 2.45) is 4.99 Å². The van der Waals surface area contributed by atoms with Gasteiger partial charge in [-0.3, -0.25) is 9.79 Å². The molecule has 3 N–H and O–H groups in total. The fraction of sp³-hybridized carbons (Fsp3) is 0.824. The van der Waals surface area contributed by atoms with Crippen LogP contribution in [0.1, 0.15) is 48.5 Å². The summed E-state index contributed by atoms with van der Waals surface area (Å²) in [6.07, 6.45) is -0.343. The molecule has 0 bridgehead atoms. The monoisotopic (exact) mass is 357 g/mol. The van der Waals surface area contributed by atoms with Crippen LogP contribution in [0.15, 0.2) is 4.99 Å². The highest BCUT2D eigenvalue weighted by molar-refractivity contribution is 5.86. The molecule has 0 atom stereocenters. The first kappa shape index (κ1) is 23.0. The predicted octanol–water partition coefficient (Wildman–Crippen LogP) is 1.32. The van der Waals surface area contributed by atoms with Crippen LogP contribution < -0.4 is 16.0 Å². The number of rotatable bonds is 6. The van der Waals surface area contributed by atoms with Crippen LogP contribution in [0.4, 0.5) is 4.79 Å². The third kappa shape index (κ3) is 12.1. The lowest BCUT2D eigenvalue weighted by molar-refractivity contribution is -0.121. The van der Waals surface area contributed by atoms with Crippen molar-refractivity contribution in [2.45, 2.75) is 59.6 Å². The zero-order valence-electron chi connectivity index (χ0n) is 16.9. The number of likely N-dealkylation sites (N-methyl/N-ethyl adjacent to an activating group) is 1. The van der Waals surface area contributed by atoms with Crippen LogP contribution in [0.5, 0.6) is 0 Å². The average molecular weight is 357 g/mol. The summed E-state index contributed by atoms with van der Waals surface area (Å²) >= 11 is 0.